The van der Waals surface area contributed by atoms with Gasteiger partial charge in [0.1, 0.15) is 10.8 Å². The zero-order valence-corrected chi connectivity index (χ0v) is 11.9. The molecule has 0 bridgehead atoms. The fraction of sp³-hybridized carbons (Fsp3) is 0.143. The molecule has 6 nitrogen and oxygen atoms in total. The Bertz CT molecular complexity index is 676. The van der Waals surface area contributed by atoms with Crippen LogP contribution in [0.3, 0.4) is 0 Å². The lowest BCUT2D eigenvalue weighted by Crippen LogP contribution is -2.17. The highest BCUT2D eigenvalue weighted by Crippen LogP contribution is 2.17. The monoisotopic (exact) mass is 305 g/mol. The van der Waals surface area contributed by atoms with E-state index in [2.05, 4.69) is 15.3 Å². The fourth-order valence-electron chi connectivity index (χ4n) is 1.62. The number of aromatic nitrogens is 2. The van der Waals surface area contributed by atoms with Crippen molar-refractivity contribution in [3.8, 4) is 0 Å². The van der Waals surface area contributed by atoms with Gasteiger partial charge >= 0.3 is 5.97 Å². The molecule has 1 aromatic carbocycles. The average Bonchev–Trinajstić information content (AvgIpc) is 2.48. The summed E-state index contributed by atoms with van der Waals surface area (Å²) in [6.45, 7) is 1.96. The normalized spacial score (nSPS) is 10.0. The molecule has 0 aliphatic heterocycles. The Morgan fingerprint density at radius 3 is 2.76 bits per heavy atom. The van der Waals surface area contributed by atoms with Gasteiger partial charge in [0.2, 0.25) is 0 Å². The summed E-state index contributed by atoms with van der Waals surface area (Å²) in [7, 11) is 0. The third kappa shape index (κ3) is 3.76. The van der Waals surface area contributed by atoms with Crippen molar-refractivity contribution in [3.05, 3.63) is 53.1 Å². The minimum atomic E-state index is -0.512. The molecule has 2 aromatic rings. The number of carbonyl (C=O) groups is 2. The summed E-state index contributed by atoms with van der Waals surface area (Å²) in [4.78, 5) is 31.5. The lowest BCUT2D eigenvalue weighted by atomic mass is 10.1. The summed E-state index contributed by atoms with van der Waals surface area (Å²) in [5.41, 5.74) is 0.659. The Hall–Kier alpha value is -2.47. The van der Waals surface area contributed by atoms with Gasteiger partial charge < -0.3 is 10.1 Å². The zero-order chi connectivity index (χ0) is 15.2. The van der Waals surface area contributed by atoms with E-state index in [1.54, 1.807) is 31.2 Å². The predicted octanol–water partition coefficient (Wildman–Crippen LogP) is 2.56. The van der Waals surface area contributed by atoms with Gasteiger partial charge in [-0.2, -0.15) is 0 Å². The molecule has 0 fully saturated rings. The Labute approximate surface area is 126 Å². The third-order valence-electron chi connectivity index (χ3n) is 2.51. The first-order chi connectivity index (χ1) is 10.1. The molecule has 1 heterocycles. The number of para-hydroxylation sites is 1. The smallest absolute Gasteiger partial charge is 0.340 e. The second-order valence-corrected chi connectivity index (χ2v) is 4.33. The largest absolute Gasteiger partial charge is 0.462 e. The maximum atomic E-state index is 12.1. The van der Waals surface area contributed by atoms with Crippen molar-refractivity contribution in [2.75, 3.05) is 11.9 Å². The van der Waals surface area contributed by atoms with Crippen LogP contribution in [0.15, 0.2) is 36.7 Å². The number of hydrogen-bond acceptors (Lipinski definition) is 5. The number of anilines is 1. The van der Waals surface area contributed by atoms with Gasteiger partial charge in [-0.25, -0.2) is 9.78 Å². The van der Waals surface area contributed by atoms with Gasteiger partial charge in [0.05, 0.1) is 30.3 Å². The first-order valence-corrected chi connectivity index (χ1v) is 6.54. The standard InChI is InChI=1S/C14H12ClN3O3/c1-2-21-14(20)9-5-3-4-6-10(9)18-13(19)11-7-16-8-12(15)17-11/h3-8H,2H2,1H3,(H,18,19). The minimum absolute atomic E-state index is 0.0566. The van der Waals surface area contributed by atoms with Gasteiger partial charge in [0.25, 0.3) is 5.91 Å². The highest BCUT2D eigenvalue weighted by atomic mass is 35.5. The van der Waals surface area contributed by atoms with E-state index in [4.69, 9.17) is 16.3 Å². The van der Waals surface area contributed by atoms with E-state index in [1.807, 2.05) is 0 Å². The summed E-state index contributed by atoms with van der Waals surface area (Å²) in [6, 6.07) is 6.54. The molecule has 108 valence electrons. The summed E-state index contributed by atoms with van der Waals surface area (Å²) < 4.78 is 4.94. The predicted molar refractivity (Wildman–Crippen MR) is 77.4 cm³/mol. The van der Waals surface area contributed by atoms with E-state index in [0.29, 0.717) is 5.69 Å². The van der Waals surface area contributed by atoms with E-state index in [-0.39, 0.29) is 23.0 Å². The number of carbonyl (C=O) groups excluding carboxylic acids is 2. The maximum absolute atomic E-state index is 12.1. The molecule has 2 rings (SSSR count). The van der Waals surface area contributed by atoms with Crippen molar-refractivity contribution in [2.24, 2.45) is 0 Å². The van der Waals surface area contributed by atoms with Crippen LogP contribution in [0.5, 0.6) is 0 Å². The van der Waals surface area contributed by atoms with Crippen LogP contribution in [0, 0.1) is 0 Å². The van der Waals surface area contributed by atoms with Crippen LogP contribution in [0.1, 0.15) is 27.8 Å². The van der Waals surface area contributed by atoms with Crippen LogP contribution in [-0.2, 0) is 4.74 Å². The van der Waals surface area contributed by atoms with E-state index in [9.17, 15) is 9.59 Å². The highest BCUT2D eigenvalue weighted by molar-refractivity contribution is 6.29. The lowest BCUT2D eigenvalue weighted by molar-refractivity contribution is 0.0527. The number of nitrogens with zero attached hydrogens (tertiary/aromatic N) is 2. The third-order valence-corrected chi connectivity index (χ3v) is 2.69. The number of esters is 1. The van der Waals surface area contributed by atoms with Gasteiger partial charge in [-0.1, -0.05) is 23.7 Å². The number of benzene rings is 1. The fourth-order valence-corrected chi connectivity index (χ4v) is 1.76. The van der Waals surface area contributed by atoms with Crippen LogP contribution in [-0.4, -0.2) is 28.5 Å². The Balaban J connectivity index is 2.23. The second kappa shape index (κ2) is 6.81. The first-order valence-electron chi connectivity index (χ1n) is 6.17. The van der Waals surface area contributed by atoms with Crippen molar-refractivity contribution in [2.45, 2.75) is 6.92 Å². The molecular formula is C14H12ClN3O3. The summed E-state index contributed by atoms with van der Waals surface area (Å²) >= 11 is 5.69. The quantitative estimate of drug-likeness (QED) is 0.878. The molecule has 0 aliphatic rings. The summed E-state index contributed by atoms with van der Waals surface area (Å²) in [5.74, 6) is -1.02. The number of ether oxygens (including phenoxy) is 1. The van der Waals surface area contributed by atoms with Crippen molar-refractivity contribution in [1.29, 1.82) is 0 Å². The molecular weight excluding hydrogens is 294 g/mol. The van der Waals surface area contributed by atoms with Crippen LogP contribution in [0.25, 0.3) is 0 Å². The number of rotatable bonds is 4. The van der Waals surface area contributed by atoms with Gasteiger partial charge in [-0.15, -0.1) is 0 Å². The van der Waals surface area contributed by atoms with Crippen LogP contribution >= 0.6 is 11.6 Å². The molecule has 0 atom stereocenters. The molecule has 0 saturated carbocycles. The topological polar surface area (TPSA) is 81.2 Å². The highest BCUT2D eigenvalue weighted by Gasteiger charge is 2.15. The maximum Gasteiger partial charge on any atom is 0.340 e. The minimum Gasteiger partial charge on any atom is -0.462 e. The van der Waals surface area contributed by atoms with Crippen LogP contribution < -0.4 is 5.32 Å². The Morgan fingerprint density at radius 2 is 2.05 bits per heavy atom. The summed E-state index contributed by atoms with van der Waals surface area (Å²) in [6.07, 6.45) is 2.61. The Morgan fingerprint density at radius 1 is 1.29 bits per heavy atom. The second-order valence-electron chi connectivity index (χ2n) is 3.95. The average molecular weight is 306 g/mol. The van der Waals surface area contributed by atoms with E-state index in [1.165, 1.54) is 12.4 Å². The number of amides is 1. The number of halogens is 1. The van der Waals surface area contributed by atoms with Crippen molar-refractivity contribution < 1.29 is 14.3 Å². The van der Waals surface area contributed by atoms with E-state index >= 15 is 0 Å². The number of nitrogens with one attached hydrogen (secondary N) is 1. The van der Waals surface area contributed by atoms with E-state index < -0.39 is 11.9 Å². The molecule has 0 saturated heterocycles. The molecule has 1 amide bonds. The van der Waals surface area contributed by atoms with Gasteiger partial charge in [0, 0.05) is 0 Å². The van der Waals surface area contributed by atoms with Crippen molar-refractivity contribution in [3.63, 3.8) is 0 Å². The molecule has 21 heavy (non-hydrogen) atoms. The molecule has 1 N–H and O–H groups in total. The molecule has 0 radical (unpaired) electrons. The molecule has 0 spiro atoms. The van der Waals surface area contributed by atoms with Crippen LogP contribution in [0.2, 0.25) is 5.15 Å². The summed E-state index contributed by atoms with van der Waals surface area (Å²) in [5, 5.41) is 2.70. The van der Waals surface area contributed by atoms with Gasteiger partial charge in [0.15, 0.2) is 0 Å². The number of hydrogen-bond donors (Lipinski definition) is 1. The lowest BCUT2D eigenvalue weighted by Gasteiger charge is -2.09. The zero-order valence-electron chi connectivity index (χ0n) is 11.2. The van der Waals surface area contributed by atoms with Crippen molar-refractivity contribution >= 4 is 29.2 Å². The van der Waals surface area contributed by atoms with Gasteiger partial charge in [-0.05, 0) is 19.1 Å². The van der Waals surface area contributed by atoms with Crippen molar-refractivity contribution in [1.82, 2.24) is 9.97 Å². The van der Waals surface area contributed by atoms with Gasteiger partial charge in [-0.3, -0.25) is 9.78 Å². The molecule has 1 aromatic heterocycles. The Kier molecular flexibility index (Phi) is 4.84. The first kappa shape index (κ1) is 14.9. The molecule has 0 unspecified atom stereocenters. The SMILES string of the molecule is CCOC(=O)c1ccccc1NC(=O)c1cncc(Cl)n1. The van der Waals surface area contributed by atoms with E-state index in [0.717, 1.165) is 0 Å². The van der Waals surface area contributed by atoms with Crippen LogP contribution in [0.4, 0.5) is 5.69 Å². The molecule has 0 aliphatic carbocycles. The molecule has 7 heteroatoms.